The molecule has 0 bridgehead atoms. The molecule has 0 spiro atoms. The number of hydrogen-bond donors (Lipinski definition) is 1. The Morgan fingerprint density at radius 2 is 1.87 bits per heavy atom. The van der Waals surface area contributed by atoms with Gasteiger partial charge in [-0.15, -0.1) is 0 Å². The van der Waals surface area contributed by atoms with Crippen LogP contribution in [0.15, 0.2) is 12.1 Å². The molecule has 0 heterocycles. The first-order chi connectivity index (χ1) is 7.15. The van der Waals surface area contributed by atoms with Crippen LogP contribution in [0.4, 0.5) is 0 Å². The zero-order chi connectivity index (χ0) is 11.3. The summed E-state index contributed by atoms with van der Waals surface area (Å²) < 4.78 is 5.69. The van der Waals surface area contributed by atoms with Crippen LogP contribution in [0, 0.1) is 20.8 Å². The summed E-state index contributed by atoms with van der Waals surface area (Å²) in [6.07, 6.45) is 1.72. The maximum absolute atomic E-state index is 8.65. The van der Waals surface area contributed by atoms with Crippen LogP contribution in [0.25, 0.3) is 0 Å². The molecule has 0 unspecified atom stereocenters. The van der Waals surface area contributed by atoms with E-state index in [2.05, 4.69) is 32.9 Å². The topological polar surface area (TPSA) is 29.5 Å². The van der Waals surface area contributed by atoms with Gasteiger partial charge < -0.3 is 9.84 Å². The zero-order valence-corrected chi connectivity index (χ0v) is 9.84. The van der Waals surface area contributed by atoms with Gasteiger partial charge in [0.05, 0.1) is 6.61 Å². The maximum atomic E-state index is 8.65. The number of hydrogen-bond acceptors (Lipinski definition) is 2. The van der Waals surface area contributed by atoms with E-state index in [1.54, 1.807) is 0 Å². The molecule has 84 valence electrons. The second-order valence-electron chi connectivity index (χ2n) is 3.98. The SMILES string of the molecule is Cc1cc(C)c(C)c(OCCCCO)c1. The van der Waals surface area contributed by atoms with Gasteiger partial charge in [-0.05, 0) is 56.4 Å². The van der Waals surface area contributed by atoms with Crippen molar-refractivity contribution in [1.82, 2.24) is 0 Å². The Morgan fingerprint density at radius 1 is 1.13 bits per heavy atom. The molecule has 15 heavy (non-hydrogen) atoms. The molecule has 0 saturated heterocycles. The zero-order valence-electron chi connectivity index (χ0n) is 9.84. The minimum atomic E-state index is 0.245. The highest BCUT2D eigenvalue weighted by molar-refractivity contribution is 5.41. The fourth-order valence-corrected chi connectivity index (χ4v) is 1.55. The fourth-order valence-electron chi connectivity index (χ4n) is 1.55. The lowest BCUT2D eigenvalue weighted by Crippen LogP contribution is -2.01. The van der Waals surface area contributed by atoms with Gasteiger partial charge in [0.1, 0.15) is 5.75 Å². The first-order valence-electron chi connectivity index (χ1n) is 5.46. The molecule has 0 aliphatic carbocycles. The molecule has 0 saturated carbocycles. The van der Waals surface area contributed by atoms with Crippen molar-refractivity contribution in [3.63, 3.8) is 0 Å². The Hall–Kier alpha value is -1.02. The smallest absolute Gasteiger partial charge is 0.122 e. The van der Waals surface area contributed by atoms with Gasteiger partial charge in [-0.25, -0.2) is 0 Å². The predicted octanol–water partition coefficient (Wildman–Crippen LogP) is 2.76. The predicted molar refractivity (Wildman–Crippen MR) is 62.5 cm³/mol. The van der Waals surface area contributed by atoms with E-state index in [-0.39, 0.29) is 6.61 Å². The Kier molecular flexibility index (Phi) is 4.63. The van der Waals surface area contributed by atoms with Crippen molar-refractivity contribution in [2.75, 3.05) is 13.2 Å². The van der Waals surface area contributed by atoms with Gasteiger partial charge in [0, 0.05) is 6.61 Å². The summed E-state index contributed by atoms with van der Waals surface area (Å²) >= 11 is 0. The van der Waals surface area contributed by atoms with Crippen LogP contribution in [-0.2, 0) is 0 Å². The summed E-state index contributed by atoms with van der Waals surface area (Å²) in [5.74, 6) is 0.977. The van der Waals surface area contributed by atoms with E-state index in [4.69, 9.17) is 9.84 Å². The monoisotopic (exact) mass is 208 g/mol. The Morgan fingerprint density at radius 3 is 2.53 bits per heavy atom. The van der Waals surface area contributed by atoms with E-state index in [0.717, 1.165) is 18.6 Å². The lowest BCUT2D eigenvalue weighted by molar-refractivity contribution is 0.252. The van der Waals surface area contributed by atoms with E-state index in [1.807, 2.05) is 0 Å². The third-order valence-corrected chi connectivity index (χ3v) is 2.57. The highest BCUT2D eigenvalue weighted by Crippen LogP contribution is 2.23. The molecule has 0 amide bonds. The Labute approximate surface area is 91.9 Å². The van der Waals surface area contributed by atoms with Gasteiger partial charge in [-0.2, -0.15) is 0 Å². The van der Waals surface area contributed by atoms with Crippen LogP contribution in [0.3, 0.4) is 0 Å². The van der Waals surface area contributed by atoms with E-state index >= 15 is 0 Å². The van der Waals surface area contributed by atoms with Crippen molar-refractivity contribution < 1.29 is 9.84 Å². The largest absolute Gasteiger partial charge is 0.493 e. The maximum Gasteiger partial charge on any atom is 0.122 e. The van der Waals surface area contributed by atoms with Gasteiger partial charge in [0.25, 0.3) is 0 Å². The minimum absolute atomic E-state index is 0.245. The highest BCUT2D eigenvalue weighted by atomic mass is 16.5. The van der Waals surface area contributed by atoms with Crippen LogP contribution >= 0.6 is 0 Å². The lowest BCUT2D eigenvalue weighted by atomic mass is 10.1. The summed E-state index contributed by atoms with van der Waals surface area (Å²) in [5.41, 5.74) is 3.71. The summed E-state index contributed by atoms with van der Waals surface area (Å²) in [7, 11) is 0. The van der Waals surface area contributed by atoms with Crippen LogP contribution in [0.5, 0.6) is 5.75 Å². The molecule has 2 heteroatoms. The quantitative estimate of drug-likeness (QED) is 0.754. The molecule has 1 N–H and O–H groups in total. The van der Waals surface area contributed by atoms with Gasteiger partial charge in [-0.1, -0.05) is 6.07 Å². The fraction of sp³-hybridized carbons (Fsp3) is 0.538. The number of unbranched alkanes of at least 4 members (excludes halogenated alkanes) is 1. The average Bonchev–Trinajstić information content (AvgIpc) is 2.19. The number of ether oxygens (including phenoxy) is 1. The highest BCUT2D eigenvalue weighted by Gasteiger charge is 2.03. The molecule has 0 fully saturated rings. The first kappa shape index (κ1) is 12.1. The second kappa shape index (κ2) is 5.76. The standard InChI is InChI=1S/C13H20O2/c1-10-8-11(2)12(3)13(9-10)15-7-5-4-6-14/h8-9,14H,4-7H2,1-3H3. The van der Waals surface area contributed by atoms with Crippen LogP contribution in [0.2, 0.25) is 0 Å². The third kappa shape index (κ3) is 3.56. The second-order valence-corrected chi connectivity index (χ2v) is 3.98. The number of benzene rings is 1. The van der Waals surface area contributed by atoms with Gasteiger partial charge in [0.15, 0.2) is 0 Å². The third-order valence-electron chi connectivity index (χ3n) is 2.57. The minimum Gasteiger partial charge on any atom is -0.493 e. The van der Waals surface area contributed by atoms with E-state index < -0.39 is 0 Å². The average molecular weight is 208 g/mol. The van der Waals surface area contributed by atoms with Crippen molar-refractivity contribution >= 4 is 0 Å². The first-order valence-corrected chi connectivity index (χ1v) is 5.46. The molecule has 0 aromatic heterocycles. The van der Waals surface area contributed by atoms with Crippen LogP contribution < -0.4 is 4.74 Å². The summed E-state index contributed by atoms with van der Waals surface area (Å²) in [5, 5.41) is 8.65. The molecule has 1 aromatic rings. The van der Waals surface area contributed by atoms with Crippen LogP contribution in [0.1, 0.15) is 29.5 Å². The summed E-state index contributed by atoms with van der Waals surface area (Å²) in [6.45, 7) is 7.19. The van der Waals surface area contributed by atoms with Gasteiger partial charge >= 0.3 is 0 Å². The summed E-state index contributed by atoms with van der Waals surface area (Å²) in [4.78, 5) is 0. The van der Waals surface area contributed by atoms with E-state index in [0.29, 0.717) is 6.61 Å². The molecule has 0 atom stereocenters. The molecule has 0 radical (unpaired) electrons. The number of rotatable bonds is 5. The molecular weight excluding hydrogens is 188 g/mol. The lowest BCUT2D eigenvalue weighted by Gasteiger charge is -2.12. The molecule has 1 aromatic carbocycles. The van der Waals surface area contributed by atoms with Gasteiger partial charge in [-0.3, -0.25) is 0 Å². The van der Waals surface area contributed by atoms with Crippen molar-refractivity contribution in [2.45, 2.75) is 33.6 Å². The Balaban J connectivity index is 2.60. The van der Waals surface area contributed by atoms with Crippen LogP contribution in [-0.4, -0.2) is 18.3 Å². The normalized spacial score (nSPS) is 10.4. The van der Waals surface area contributed by atoms with Crippen molar-refractivity contribution in [1.29, 1.82) is 0 Å². The van der Waals surface area contributed by atoms with Gasteiger partial charge in [0.2, 0.25) is 0 Å². The molecule has 0 aliphatic rings. The van der Waals surface area contributed by atoms with Crippen molar-refractivity contribution in [3.8, 4) is 5.75 Å². The molecule has 2 nitrogen and oxygen atoms in total. The Bertz CT molecular complexity index is 319. The van der Waals surface area contributed by atoms with E-state index in [1.165, 1.54) is 16.7 Å². The van der Waals surface area contributed by atoms with Crippen molar-refractivity contribution in [3.05, 3.63) is 28.8 Å². The van der Waals surface area contributed by atoms with Crippen molar-refractivity contribution in [2.24, 2.45) is 0 Å². The number of aliphatic hydroxyl groups is 1. The molecular formula is C13H20O2. The number of aryl methyl sites for hydroxylation is 2. The number of aliphatic hydroxyl groups excluding tert-OH is 1. The van der Waals surface area contributed by atoms with E-state index in [9.17, 15) is 0 Å². The molecule has 1 rings (SSSR count). The molecule has 0 aliphatic heterocycles. The summed E-state index contributed by atoms with van der Waals surface area (Å²) in [6, 6.07) is 4.23.